The number of aromatic nitrogens is 1. The van der Waals surface area contributed by atoms with Crippen molar-refractivity contribution in [2.75, 3.05) is 11.9 Å². The van der Waals surface area contributed by atoms with Crippen molar-refractivity contribution in [2.24, 2.45) is 0 Å². The lowest BCUT2D eigenvalue weighted by Gasteiger charge is -2.22. The molecule has 2 aliphatic rings. The second kappa shape index (κ2) is 17.9. The zero-order valence-corrected chi connectivity index (χ0v) is 37.6. The summed E-state index contributed by atoms with van der Waals surface area (Å²) in [5, 5.41) is 5.35. The molecular weight excluding hydrogens is 773 g/mol. The molecule has 10 aromatic rings. The molecule has 0 amide bonds. The van der Waals surface area contributed by atoms with E-state index in [2.05, 4.69) is 237 Å². The van der Waals surface area contributed by atoms with E-state index in [9.17, 15) is 0 Å². The molecule has 0 N–H and O–H groups in total. The largest absolute Gasteiger partial charge is 0.345 e. The molecule has 0 aliphatic heterocycles. The molecule has 0 spiro atoms. The molecule has 2 aliphatic carbocycles. The molecule has 0 bridgehead atoms. The van der Waals surface area contributed by atoms with Crippen LogP contribution in [-0.4, -0.2) is 11.4 Å². The first kappa shape index (κ1) is 40.9. The molecule has 0 radical (unpaired) electrons. The number of allylic oxidation sites excluding steroid dienone is 4. The summed E-state index contributed by atoms with van der Waals surface area (Å²) in [5.41, 5.74) is 19.7. The lowest BCUT2D eigenvalue weighted by Crippen LogP contribution is -2.09. The van der Waals surface area contributed by atoms with E-state index >= 15 is 0 Å². The van der Waals surface area contributed by atoms with Gasteiger partial charge in [0.15, 0.2) is 0 Å². The van der Waals surface area contributed by atoms with E-state index < -0.39 is 0 Å². The predicted octanol–water partition coefficient (Wildman–Crippen LogP) is 17.6. The monoisotopic (exact) mass is 828 g/mol. The van der Waals surface area contributed by atoms with Gasteiger partial charge in [-0.1, -0.05) is 184 Å². The van der Waals surface area contributed by atoms with Gasteiger partial charge >= 0.3 is 0 Å². The number of anilines is 2. The molecule has 64 heavy (non-hydrogen) atoms. The number of nitrogens with zero attached hydrogens (tertiary/aromatic N) is 2. The maximum atomic E-state index is 2.45. The fourth-order valence-corrected chi connectivity index (χ4v) is 9.69. The van der Waals surface area contributed by atoms with Crippen LogP contribution < -0.4 is 4.90 Å². The van der Waals surface area contributed by atoms with E-state index in [-0.39, 0.29) is 0 Å². The summed E-state index contributed by atoms with van der Waals surface area (Å²) >= 11 is 0. The summed E-state index contributed by atoms with van der Waals surface area (Å²) in [4.78, 5) is 2.28. The van der Waals surface area contributed by atoms with Crippen LogP contribution in [0.15, 0.2) is 200 Å². The van der Waals surface area contributed by atoms with Crippen LogP contribution in [0.2, 0.25) is 0 Å². The van der Waals surface area contributed by atoms with Gasteiger partial charge in [-0.3, -0.25) is 0 Å². The Balaban J connectivity index is 0.000000143. The number of hydrogen-bond acceptors (Lipinski definition) is 1. The topological polar surface area (TPSA) is 7.65 Å². The fraction of sp³-hybridized carbons (Fsp3) is 0.161. The Labute approximate surface area is 378 Å². The predicted molar refractivity (Wildman–Crippen MR) is 277 cm³/mol. The van der Waals surface area contributed by atoms with E-state index in [1.165, 1.54) is 124 Å². The van der Waals surface area contributed by atoms with E-state index in [1.54, 1.807) is 0 Å². The van der Waals surface area contributed by atoms with Crippen LogP contribution in [-0.2, 0) is 0 Å². The normalized spacial score (nSPS) is 13.4. The Morgan fingerprint density at radius 3 is 1.91 bits per heavy atom. The molecular formula is C62H56N2. The third-order valence-corrected chi connectivity index (χ3v) is 13.1. The summed E-state index contributed by atoms with van der Waals surface area (Å²) in [7, 11) is 2.15. The summed E-state index contributed by atoms with van der Waals surface area (Å²) in [6, 6.07) is 66.5. The number of benzene rings is 8. The molecule has 0 saturated heterocycles. The highest BCUT2D eigenvalue weighted by atomic mass is 15.1. The van der Waals surface area contributed by atoms with Gasteiger partial charge in [-0.05, 0) is 131 Å². The first-order valence-electron chi connectivity index (χ1n) is 23.2. The molecule has 2 nitrogen and oxygen atoms in total. The van der Waals surface area contributed by atoms with E-state index in [0.29, 0.717) is 0 Å². The molecule has 2 aromatic heterocycles. The van der Waals surface area contributed by atoms with E-state index in [4.69, 9.17) is 0 Å². The molecule has 1 saturated carbocycles. The first-order valence-corrected chi connectivity index (χ1v) is 23.2. The molecule has 8 aromatic carbocycles. The van der Waals surface area contributed by atoms with E-state index in [1.807, 2.05) is 0 Å². The second-order valence-electron chi connectivity index (χ2n) is 17.5. The molecule has 2 heterocycles. The average Bonchev–Trinajstić information content (AvgIpc) is 4.08. The van der Waals surface area contributed by atoms with Crippen LogP contribution >= 0.6 is 0 Å². The maximum Gasteiger partial charge on any atom is 0.0620 e. The Bertz CT molecular complexity index is 3270. The van der Waals surface area contributed by atoms with E-state index in [0.717, 1.165) is 18.8 Å². The zero-order valence-electron chi connectivity index (χ0n) is 37.6. The lowest BCUT2D eigenvalue weighted by molar-refractivity contribution is 1.05. The van der Waals surface area contributed by atoms with Crippen LogP contribution in [0.4, 0.5) is 11.4 Å². The quantitative estimate of drug-likeness (QED) is 0.155. The number of para-hydroxylation sites is 2. The minimum atomic E-state index is 0.743. The van der Waals surface area contributed by atoms with Crippen molar-refractivity contribution in [2.45, 2.75) is 58.8 Å². The highest BCUT2D eigenvalue weighted by Crippen LogP contribution is 2.46. The highest BCUT2D eigenvalue weighted by Gasteiger charge is 2.26. The summed E-state index contributed by atoms with van der Waals surface area (Å²) in [6.45, 7) is 6.47. The zero-order chi connectivity index (χ0) is 43.6. The molecule has 12 rings (SSSR count). The number of rotatable bonds is 7. The van der Waals surface area contributed by atoms with Crippen molar-refractivity contribution >= 4 is 55.0 Å². The average molecular weight is 829 g/mol. The first-order chi connectivity index (χ1) is 31.5. The third-order valence-electron chi connectivity index (χ3n) is 13.1. The van der Waals surface area contributed by atoms with Crippen LogP contribution in [0.25, 0.3) is 77.0 Å². The summed E-state index contributed by atoms with van der Waals surface area (Å²) in [6.07, 6.45) is 12.8. The van der Waals surface area contributed by atoms with Gasteiger partial charge in [-0.25, -0.2) is 0 Å². The van der Waals surface area contributed by atoms with Crippen molar-refractivity contribution < 1.29 is 0 Å². The minimum absolute atomic E-state index is 0.743. The standard InChI is InChI=1S/C30H21N.C29H27N.C3H8/c1-2-8-20(9-3-1)21-16-18-22(19-17-21)23-11-7-15-28-29(23)26-13-6-12-25-24-10-4-5-14-27(24)31(28)30(25)26;1-21-12-17-26(20-29(21)28-11-7-6-10-27(28)24-13-14-24)30(2)25-18-15-23(16-19-25)22-8-4-3-5-9-22;1-3-2/h1-2,4-8,10-19H,3,9H2;3-12,15-20,24H,13-14H2,1-2H3;3H2,1-2H3. The summed E-state index contributed by atoms with van der Waals surface area (Å²) in [5.74, 6) is 0.743. The Hall–Kier alpha value is -7.16. The van der Waals surface area contributed by atoms with Crippen molar-refractivity contribution in [3.8, 4) is 33.4 Å². The van der Waals surface area contributed by atoms with Gasteiger partial charge in [0.05, 0.1) is 16.6 Å². The minimum Gasteiger partial charge on any atom is -0.345 e. The Morgan fingerprint density at radius 2 is 1.14 bits per heavy atom. The van der Waals surface area contributed by atoms with Crippen molar-refractivity contribution in [3.05, 3.63) is 217 Å². The number of aryl methyl sites for hydroxylation is 1. The van der Waals surface area contributed by atoms with Gasteiger partial charge in [0.2, 0.25) is 0 Å². The van der Waals surface area contributed by atoms with Crippen LogP contribution in [0.3, 0.4) is 0 Å². The highest BCUT2D eigenvalue weighted by molar-refractivity contribution is 6.25. The SMILES string of the molecule is C1=CCCC(c2ccc(-c3cccc4c3c3cccc5c6ccccc6n4c53)cc2)=C1.CCC.Cc1ccc(N(C)c2ccc(-c3ccccc3)cc2)cc1-c1ccccc1C1CC1. The maximum absolute atomic E-state index is 2.45. The molecule has 0 atom stereocenters. The second-order valence-corrected chi connectivity index (χ2v) is 17.5. The number of fused-ring (bicyclic) bond motifs is 6. The van der Waals surface area contributed by atoms with Gasteiger partial charge in [-0.15, -0.1) is 0 Å². The Morgan fingerprint density at radius 1 is 0.531 bits per heavy atom. The summed E-state index contributed by atoms with van der Waals surface area (Å²) < 4.78 is 2.45. The lowest BCUT2D eigenvalue weighted by atomic mass is 9.93. The smallest absolute Gasteiger partial charge is 0.0620 e. The van der Waals surface area contributed by atoms with Gasteiger partial charge in [0.1, 0.15) is 0 Å². The molecule has 2 heteroatoms. The van der Waals surface area contributed by atoms with Gasteiger partial charge in [-0.2, -0.15) is 0 Å². The molecule has 0 unspecified atom stereocenters. The van der Waals surface area contributed by atoms with Crippen LogP contribution in [0.1, 0.15) is 68.6 Å². The van der Waals surface area contributed by atoms with Crippen LogP contribution in [0, 0.1) is 6.92 Å². The van der Waals surface area contributed by atoms with Crippen molar-refractivity contribution in [1.29, 1.82) is 0 Å². The van der Waals surface area contributed by atoms with Gasteiger partial charge in [0, 0.05) is 40.0 Å². The van der Waals surface area contributed by atoms with Crippen molar-refractivity contribution in [3.63, 3.8) is 0 Å². The molecule has 314 valence electrons. The fourth-order valence-electron chi connectivity index (χ4n) is 9.69. The number of hydrogen-bond donors (Lipinski definition) is 0. The Kier molecular flexibility index (Phi) is 11.4. The van der Waals surface area contributed by atoms with Crippen LogP contribution in [0.5, 0.6) is 0 Å². The third kappa shape index (κ3) is 7.79. The van der Waals surface area contributed by atoms with Crippen molar-refractivity contribution in [1.82, 2.24) is 4.40 Å². The van der Waals surface area contributed by atoms with Gasteiger partial charge < -0.3 is 9.30 Å². The molecule has 1 fully saturated rings. The van der Waals surface area contributed by atoms with Gasteiger partial charge in [0.25, 0.3) is 0 Å².